The summed E-state index contributed by atoms with van der Waals surface area (Å²) in [5, 5.41) is 0. The molecule has 0 atom stereocenters. The molecule has 1 heterocycles. The zero-order valence-corrected chi connectivity index (χ0v) is 6.66. The first-order chi connectivity index (χ1) is 5.33. The van der Waals surface area contributed by atoms with E-state index < -0.39 is 0 Å². The Labute approximate surface area is 66.5 Å². The van der Waals surface area contributed by atoms with E-state index in [4.69, 9.17) is 0 Å². The van der Waals surface area contributed by atoms with Crippen LogP contribution < -0.4 is 4.57 Å². The van der Waals surface area contributed by atoms with Crippen LogP contribution in [-0.4, -0.2) is 5.78 Å². The van der Waals surface area contributed by atoms with Crippen molar-refractivity contribution >= 4 is 5.78 Å². The third-order valence-corrected chi connectivity index (χ3v) is 1.53. The SMILES string of the molecule is CCC(=O)C[n+]1ccccc1. The molecule has 0 unspecified atom stereocenters. The maximum atomic E-state index is 11.0. The topological polar surface area (TPSA) is 20.9 Å². The highest BCUT2D eigenvalue weighted by Gasteiger charge is 2.04. The second kappa shape index (κ2) is 3.86. The zero-order chi connectivity index (χ0) is 8.10. The van der Waals surface area contributed by atoms with Crippen LogP contribution in [0, 0.1) is 0 Å². The number of hydrogen-bond acceptors (Lipinski definition) is 1. The number of Topliss-reactive ketones (excluding diaryl/α,β-unsaturated/α-hetero) is 1. The summed E-state index contributed by atoms with van der Waals surface area (Å²) in [6.45, 7) is 2.38. The Kier molecular flexibility index (Phi) is 2.78. The van der Waals surface area contributed by atoms with Gasteiger partial charge in [0.1, 0.15) is 0 Å². The molecule has 0 aromatic carbocycles. The van der Waals surface area contributed by atoms with Crippen molar-refractivity contribution in [1.29, 1.82) is 0 Å². The Morgan fingerprint density at radius 1 is 1.27 bits per heavy atom. The van der Waals surface area contributed by atoms with Crippen LogP contribution in [0.25, 0.3) is 0 Å². The molecule has 0 saturated heterocycles. The van der Waals surface area contributed by atoms with E-state index in [1.165, 1.54) is 0 Å². The number of nitrogens with zero attached hydrogens (tertiary/aromatic N) is 1. The Morgan fingerprint density at radius 2 is 1.91 bits per heavy atom. The van der Waals surface area contributed by atoms with Crippen LogP contribution in [0.5, 0.6) is 0 Å². The predicted molar refractivity (Wildman–Crippen MR) is 41.9 cm³/mol. The molecular weight excluding hydrogens is 138 g/mol. The summed E-state index contributed by atoms with van der Waals surface area (Å²) < 4.78 is 1.88. The summed E-state index contributed by atoms with van der Waals surface area (Å²) in [5.74, 6) is 0.265. The minimum Gasteiger partial charge on any atom is -0.293 e. The number of hydrogen-bond donors (Lipinski definition) is 0. The van der Waals surface area contributed by atoms with E-state index >= 15 is 0 Å². The van der Waals surface area contributed by atoms with Crippen LogP contribution >= 0.6 is 0 Å². The standard InChI is InChI=1S/C9H12NO/c1-2-9(11)8-10-6-4-3-5-7-10/h3-7H,2,8H2,1H3/q+1. The molecule has 1 rings (SSSR count). The lowest BCUT2D eigenvalue weighted by atomic mass is 10.3. The Balaban J connectivity index is 2.58. The minimum absolute atomic E-state index is 0.265. The number of pyridine rings is 1. The molecule has 11 heavy (non-hydrogen) atoms. The molecule has 0 fully saturated rings. The van der Waals surface area contributed by atoms with E-state index in [0.717, 1.165) is 0 Å². The van der Waals surface area contributed by atoms with Crippen LogP contribution in [-0.2, 0) is 11.3 Å². The normalized spacial score (nSPS) is 9.55. The van der Waals surface area contributed by atoms with E-state index in [9.17, 15) is 4.79 Å². The van der Waals surface area contributed by atoms with Crippen LogP contribution in [0.3, 0.4) is 0 Å². The van der Waals surface area contributed by atoms with Crippen LogP contribution in [0.2, 0.25) is 0 Å². The van der Waals surface area contributed by atoms with Gasteiger partial charge in [-0.2, -0.15) is 4.57 Å². The molecule has 0 bridgehead atoms. The molecule has 0 amide bonds. The lowest BCUT2D eigenvalue weighted by Crippen LogP contribution is -2.36. The monoisotopic (exact) mass is 150 g/mol. The van der Waals surface area contributed by atoms with E-state index in [1.807, 2.05) is 42.1 Å². The second-order valence-corrected chi connectivity index (χ2v) is 2.44. The van der Waals surface area contributed by atoms with E-state index in [-0.39, 0.29) is 5.78 Å². The average molecular weight is 150 g/mol. The molecule has 1 aromatic heterocycles. The third-order valence-electron chi connectivity index (χ3n) is 1.53. The lowest BCUT2D eigenvalue weighted by molar-refractivity contribution is -0.684. The van der Waals surface area contributed by atoms with Gasteiger partial charge in [0.2, 0.25) is 6.54 Å². The summed E-state index contributed by atoms with van der Waals surface area (Å²) in [5.41, 5.74) is 0. The fourth-order valence-electron chi connectivity index (χ4n) is 0.855. The Hall–Kier alpha value is -1.18. The zero-order valence-electron chi connectivity index (χ0n) is 6.66. The smallest absolute Gasteiger partial charge is 0.206 e. The fraction of sp³-hybridized carbons (Fsp3) is 0.333. The molecule has 0 aliphatic rings. The number of ketones is 1. The van der Waals surface area contributed by atoms with Gasteiger partial charge >= 0.3 is 0 Å². The van der Waals surface area contributed by atoms with Gasteiger partial charge in [0, 0.05) is 18.6 Å². The van der Waals surface area contributed by atoms with Gasteiger partial charge in [0.25, 0.3) is 0 Å². The van der Waals surface area contributed by atoms with Gasteiger partial charge in [-0.3, -0.25) is 4.79 Å². The minimum atomic E-state index is 0.265. The van der Waals surface area contributed by atoms with Crippen molar-refractivity contribution in [3.05, 3.63) is 30.6 Å². The summed E-state index contributed by atoms with van der Waals surface area (Å²) in [7, 11) is 0. The van der Waals surface area contributed by atoms with Gasteiger partial charge in [-0.15, -0.1) is 0 Å². The van der Waals surface area contributed by atoms with E-state index in [0.29, 0.717) is 13.0 Å². The van der Waals surface area contributed by atoms with Crippen molar-refractivity contribution in [2.75, 3.05) is 0 Å². The largest absolute Gasteiger partial charge is 0.293 e. The predicted octanol–water partition coefficient (Wildman–Crippen LogP) is 0.953. The Morgan fingerprint density at radius 3 is 2.45 bits per heavy atom. The molecule has 0 radical (unpaired) electrons. The molecule has 2 heteroatoms. The number of carbonyl (C=O) groups is 1. The molecule has 1 aromatic rings. The first-order valence-electron chi connectivity index (χ1n) is 3.78. The van der Waals surface area contributed by atoms with Crippen molar-refractivity contribution in [1.82, 2.24) is 0 Å². The van der Waals surface area contributed by atoms with Crippen LogP contribution in [0.1, 0.15) is 13.3 Å². The van der Waals surface area contributed by atoms with E-state index in [2.05, 4.69) is 0 Å². The van der Waals surface area contributed by atoms with Crippen molar-refractivity contribution < 1.29 is 9.36 Å². The molecule has 0 aliphatic carbocycles. The quantitative estimate of drug-likeness (QED) is 0.588. The maximum absolute atomic E-state index is 11.0. The van der Waals surface area contributed by atoms with Gasteiger partial charge in [-0.1, -0.05) is 13.0 Å². The fourth-order valence-corrected chi connectivity index (χ4v) is 0.855. The number of rotatable bonds is 3. The first kappa shape index (κ1) is 7.92. The van der Waals surface area contributed by atoms with Crippen LogP contribution in [0.4, 0.5) is 0 Å². The summed E-state index contributed by atoms with van der Waals surface area (Å²) in [6.07, 6.45) is 4.41. The van der Waals surface area contributed by atoms with Gasteiger partial charge in [-0.05, 0) is 0 Å². The highest BCUT2D eigenvalue weighted by Crippen LogP contribution is 1.81. The van der Waals surface area contributed by atoms with E-state index in [1.54, 1.807) is 0 Å². The number of aromatic nitrogens is 1. The maximum Gasteiger partial charge on any atom is 0.206 e. The van der Waals surface area contributed by atoms with Gasteiger partial charge in [0.05, 0.1) is 0 Å². The molecule has 58 valence electrons. The Bertz CT molecular complexity index is 231. The van der Waals surface area contributed by atoms with Crippen molar-refractivity contribution in [3.8, 4) is 0 Å². The van der Waals surface area contributed by atoms with Crippen LogP contribution in [0.15, 0.2) is 30.6 Å². The van der Waals surface area contributed by atoms with Gasteiger partial charge < -0.3 is 0 Å². The van der Waals surface area contributed by atoms with Gasteiger partial charge in [-0.25, -0.2) is 0 Å². The molecule has 0 saturated carbocycles. The molecule has 0 spiro atoms. The van der Waals surface area contributed by atoms with Gasteiger partial charge in [0.15, 0.2) is 18.2 Å². The molecule has 0 aliphatic heterocycles. The van der Waals surface area contributed by atoms with Crippen molar-refractivity contribution in [3.63, 3.8) is 0 Å². The van der Waals surface area contributed by atoms with Crippen molar-refractivity contribution in [2.45, 2.75) is 19.9 Å². The highest BCUT2D eigenvalue weighted by atomic mass is 16.1. The summed E-state index contributed by atoms with van der Waals surface area (Å²) in [6, 6.07) is 5.78. The third kappa shape index (κ3) is 2.50. The molecule has 2 nitrogen and oxygen atoms in total. The second-order valence-electron chi connectivity index (χ2n) is 2.44. The highest BCUT2D eigenvalue weighted by molar-refractivity contribution is 5.76. The van der Waals surface area contributed by atoms with Crippen molar-refractivity contribution in [2.24, 2.45) is 0 Å². The summed E-state index contributed by atoms with van der Waals surface area (Å²) >= 11 is 0. The lowest BCUT2D eigenvalue weighted by Gasteiger charge is -1.91. The summed E-state index contributed by atoms with van der Waals surface area (Å²) in [4.78, 5) is 11.0. The average Bonchev–Trinajstić information content (AvgIpc) is 2.06. The first-order valence-corrected chi connectivity index (χ1v) is 3.78. The molecule has 0 N–H and O–H groups in total. The molecular formula is C9H12NO+. The number of carbonyl (C=O) groups excluding carboxylic acids is 1.